The molecule has 0 bridgehead atoms. The van der Waals surface area contributed by atoms with Gasteiger partial charge in [0.25, 0.3) is 0 Å². The van der Waals surface area contributed by atoms with E-state index in [4.69, 9.17) is 4.74 Å². The minimum atomic E-state index is -0.137. The van der Waals surface area contributed by atoms with Gasteiger partial charge in [-0.15, -0.1) is 0 Å². The summed E-state index contributed by atoms with van der Waals surface area (Å²) in [6, 6.07) is 15.0. The van der Waals surface area contributed by atoms with Crippen molar-refractivity contribution in [1.29, 1.82) is 0 Å². The van der Waals surface area contributed by atoms with E-state index in [-0.39, 0.29) is 18.2 Å². The molecule has 2 aromatic carbocycles. The first-order chi connectivity index (χ1) is 12.0. The predicted molar refractivity (Wildman–Crippen MR) is 100 cm³/mol. The fourth-order valence-electron chi connectivity index (χ4n) is 2.49. The molecule has 0 radical (unpaired) electrons. The number of ether oxygens (including phenoxy) is 1. The van der Waals surface area contributed by atoms with Crippen LogP contribution in [0.3, 0.4) is 0 Å². The van der Waals surface area contributed by atoms with Gasteiger partial charge in [0.05, 0.1) is 7.11 Å². The second-order valence-corrected chi connectivity index (χ2v) is 5.72. The van der Waals surface area contributed by atoms with Gasteiger partial charge in [-0.2, -0.15) is 0 Å². The van der Waals surface area contributed by atoms with E-state index in [0.717, 1.165) is 17.9 Å². The number of aryl methyl sites for hydroxylation is 1. The molecule has 132 valence electrons. The molecule has 0 aliphatic rings. The fraction of sp³-hybridized carbons (Fsp3) is 0.300. The maximum atomic E-state index is 12.1. The predicted octanol–water partition coefficient (Wildman–Crippen LogP) is 3.64. The number of hydrogen-bond acceptors (Lipinski definition) is 3. The van der Waals surface area contributed by atoms with Crippen molar-refractivity contribution in [2.24, 2.45) is 0 Å². The first-order valence-electron chi connectivity index (χ1n) is 8.34. The highest BCUT2D eigenvalue weighted by atomic mass is 16.5. The van der Waals surface area contributed by atoms with Crippen LogP contribution in [0.2, 0.25) is 0 Å². The molecule has 5 nitrogen and oxygen atoms in total. The van der Waals surface area contributed by atoms with Crippen LogP contribution in [0.1, 0.15) is 25.8 Å². The molecule has 2 aromatic rings. The van der Waals surface area contributed by atoms with Crippen molar-refractivity contribution in [3.8, 4) is 5.75 Å². The van der Waals surface area contributed by atoms with Gasteiger partial charge >= 0.3 is 0 Å². The van der Waals surface area contributed by atoms with Gasteiger partial charge in [-0.25, -0.2) is 0 Å². The van der Waals surface area contributed by atoms with Crippen molar-refractivity contribution in [1.82, 2.24) is 0 Å². The SMILES string of the molecule is CCc1ccc(N(CCC(=O)Nc2ccc(OC)cc2)C(C)=O)cc1. The summed E-state index contributed by atoms with van der Waals surface area (Å²) >= 11 is 0. The Bertz CT molecular complexity index is 709. The smallest absolute Gasteiger partial charge is 0.226 e. The van der Waals surface area contributed by atoms with Crippen LogP contribution in [0.5, 0.6) is 5.75 Å². The molecule has 0 aliphatic heterocycles. The molecule has 5 heteroatoms. The van der Waals surface area contributed by atoms with Crippen LogP contribution in [0.15, 0.2) is 48.5 Å². The van der Waals surface area contributed by atoms with Gasteiger partial charge in [-0.1, -0.05) is 19.1 Å². The number of anilines is 2. The molecule has 2 amide bonds. The Morgan fingerprint density at radius 1 is 1.04 bits per heavy atom. The van der Waals surface area contributed by atoms with Gasteiger partial charge in [0.1, 0.15) is 5.75 Å². The van der Waals surface area contributed by atoms with E-state index in [1.165, 1.54) is 12.5 Å². The second-order valence-electron chi connectivity index (χ2n) is 5.72. The van der Waals surface area contributed by atoms with Crippen LogP contribution in [0.4, 0.5) is 11.4 Å². The van der Waals surface area contributed by atoms with Crippen molar-refractivity contribution in [3.05, 3.63) is 54.1 Å². The summed E-state index contributed by atoms with van der Waals surface area (Å²) in [6.07, 6.45) is 1.17. The van der Waals surface area contributed by atoms with Gasteiger partial charge < -0.3 is 15.0 Å². The number of hydrogen-bond donors (Lipinski definition) is 1. The van der Waals surface area contributed by atoms with E-state index in [0.29, 0.717) is 12.2 Å². The van der Waals surface area contributed by atoms with E-state index in [9.17, 15) is 9.59 Å². The van der Waals surface area contributed by atoms with E-state index >= 15 is 0 Å². The third kappa shape index (κ3) is 5.35. The quantitative estimate of drug-likeness (QED) is 0.837. The summed E-state index contributed by atoms with van der Waals surface area (Å²) in [4.78, 5) is 25.7. The van der Waals surface area contributed by atoms with Gasteiger partial charge in [0.2, 0.25) is 11.8 Å². The molecule has 2 rings (SSSR count). The zero-order valence-corrected chi connectivity index (χ0v) is 14.9. The highest BCUT2D eigenvalue weighted by Crippen LogP contribution is 2.18. The molecule has 0 saturated heterocycles. The summed E-state index contributed by atoms with van der Waals surface area (Å²) < 4.78 is 5.09. The number of methoxy groups -OCH3 is 1. The number of amides is 2. The Morgan fingerprint density at radius 2 is 1.68 bits per heavy atom. The molecule has 0 saturated carbocycles. The molecular formula is C20H24N2O3. The largest absolute Gasteiger partial charge is 0.497 e. The minimum absolute atomic E-state index is 0.0819. The molecule has 25 heavy (non-hydrogen) atoms. The Morgan fingerprint density at radius 3 is 2.20 bits per heavy atom. The third-order valence-corrected chi connectivity index (χ3v) is 3.97. The number of carbonyl (C=O) groups excluding carboxylic acids is 2. The monoisotopic (exact) mass is 340 g/mol. The molecule has 1 N–H and O–H groups in total. The van der Waals surface area contributed by atoms with Crippen LogP contribution in [0.25, 0.3) is 0 Å². The fourth-order valence-corrected chi connectivity index (χ4v) is 2.49. The second kappa shape index (κ2) is 8.87. The molecule has 0 aliphatic carbocycles. The van der Waals surface area contributed by atoms with Crippen molar-refractivity contribution in [2.75, 3.05) is 23.9 Å². The molecule has 0 fully saturated rings. The zero-order chi connectivity index (χ0) is 18.2. The number of carbonyl (C=O) groups is 2. The van der Waals surface area contributed by atoms with Gasteiger partial charge in [-0.3, -0.25) is 9.59 Å². The highest BCUT2D eigenvalue weighted by molar-refractivity contribution is 5.94. The van der Waals surface area contributed by atoms with Crippen LogP contribution >= 0.6 is 0 Å². The lowest BCUT2D eigenvalue weighted by Crippen LogP contribution is -2.31. The molecule has 0 aromatic heterocycles. The highest BCUT2D eigenvalue weighted by Gasteiger charge is 2.13. The van der Waals surface area contributed by atoms with Gasteiger partial charge in [0.15, 0.2) is 0 Å². The zero-order valence-electron chi connectivity index (χ0n) is 14.9. The Labute approximate surface area is 148 Å². The van der Waals surface area contributed by atoms with E-state index < -0.39 is 0 Å². The Hall–Kier alpha value is -2.82. The first kappa shape index (κ1) is 18.5. The number of nitrogens with one attached hydrogen (secondary N) is 1. The van der Waals surface area contributed by atoms with Crippen LogP contribution < -0.4 is 15.0 Å². The van der Waals surface area contributed by atoms with E-state index in [1.54, 1.807) is 36.3 Å². The van der Waals surface area contributed by atoms with Gasteiger partial charge in [0, 0.05) is 31.3 Å². The third-order valence-electron chi connectivity index (χ3n) is 3.97. The summed E-state index contributed by atoms with van der Waals surface area (Å²) in [5.74, 6) is 0.513. The minimum Gasteiger partial charge on any atom is -0.497 e. The van der Waals surface area contributed by atoms with Crippen molar-refractivity contribution in [3.63, 3.8) is 0 Å². The molecule has 0 atom stereocenters. The van der Waals surface area contributed by atoms with Crippen molar-refractivity contribution in [2.45, 2.75) is 26.7 Å². The average molecular weight is 340 g/mol. The normalized spacial score (nSPS) is 10.2. The maximum Gasteiger partial charge on any atom is 0.226 e. The van der Waals surface area contributed by atoms with E-state index in [2.05, 4.69) is 12.2 Å². The summed E-state index contributed by atoms with van der Waals surface area (Å²) in [6.45, 7) is 3.93. The number of nitrogens with zero attached hydrogens (tertiary/aromatic N) is 1. The summed E-state index contributed by atoms with van der Waals surface area (Å²) in [7, 11) is 1.59. The van der Waals surface area contributed by atoms with Crippen LogP contribution in [-0.2, 0) is 16.0 Å². The van der Waals surface area contributed by atoms with Gasteiger partial charge in [-0.05, 0) is 48.4 Å². The summed E-state index contributed by atoms with van der Waals surface area (Å²) in [5.41, 5.74) is 2.72. The van der Waals surface area contributed by atoms with Crippen LogP contribution in [-0.4, -0.2) is 25.5 Å². The lowest BCUT2D eigenvalue weighted by Gasteiger charge is -2.21. The van der Waals surface area contributed by atoms with Crippen molar-refractivity contribution < 1.29 is 14.3 Å². The lowest BCUT2D eigenvalue weighted by molar-refractivity contribution is -0.117. The molecule has 0 spiro atoms. The average Bonchev–Trinajstić information content (AvgIpc) is 2.62. The first-order valence-corrected chi connectivity index (χ1v) is 8.34. The number of benzene rings is 2. The molecular weight excluding hydrogens is 316 g/mol. The topological polar surface area (TPSA) is 58.6 Å². The van der Waals surface area contributed by atoms with E-state index in [1.807, 2.05) is 24.3 Å². The van der Waals surface area contributed by atoms with Crippen molar-refractivity contribution >= 4 is 23.2 Å². The lowest BCUT2D eigenvalue weighted by atomic mass is 10.1. The summed E-state index contributed by atoms with van der Waals surface area (Å²) in [5, 5.41) is 2.82. The molecule has 0 heterocycles. The number of rotatable bonds is 7. The Balaban J connectivity index is 1.95. The standard InChI is InChI=1S/C20H24N2O3/c1-4-16-5-9-18(10-6-16)22(15(2)23)14-13-20(24)21-17-7-11-19(25-3)12-8-17/h5-12H,4,13-14H2,1-3H3,(H,21,24). The maximum absolute atomic E-state index is 12.1. The van der Waals surface area contributed by atoms with Crippen LogP contribution in [0, 0.1) is 0 Å². The Kier molecular flexibility index (Phi) is 6.57. The molecule has 0 unspecified atom stereocenters.